The Balaban J connectivity index is 2.19. The number of aryl methyl sites for hydroxylation is 1. The third-order valence-electron chi connectivity index (χ3n) is 2.74. The fourth-order valence-electron chi connectivity index (χ4n) is 1.83. The van der Waals surface area contributed by atoms with Gasteiger partial charge < -0.3 is 5.73 Å². The lowest BCUT2D eigenvalue weighted by Gasteiger charge is -2.04. The number of halogens is 1. The van der Waals surface area contributed by atoms with Crippen molar-refractivity contribution in [1.29, 1.82) is 0 Å². The molecule has 3 aromatic rings. The summed E-state index contributed by atoms with van der Waals surface area (Å²) < 4.78 is 12.9. The lowest BCUT2D eigenvalue weighted by Crippen LogP contribution is -2.01. The molecule has 0 unspecified atom stereocenters. The Morgan fingerprint density at radius 1 is 1.05 bits per heavy atom. The van der Waals surface area contributed by atoms with Crippen LogP contribution in [0.2, 0.25) is 0 Å². The Kier molecular flexibility index (Phi) is 2.56. The van der Waals surface area contributed by atoms with Gasteiger partial charge >= 0.3 is 0 Å². The molecular weight excluding hydrogens is 245 g/mol. The summed E-state index contributed by atoms with van der Waals surface area (Å²) >= 11 is 0. The van der Waals surface area contributed by atoms with E-state index >= 15 is 0 Å². The van der Waals surface area contributed by atoms with Crippen molar-refractivity contribution in [3.05, 3.63) is 42.0 Å². The van der Waals surface area contributed by atoms with Crippen LogP contribution in [0.1, 0.15) is 5.69 Å². The zero-order valence-corrected chi connectivity index (χ0v) is 10.1. The molecule has 0 saturated heterocycles. The van der Waals surface area contributed by atoms with Gasteiger partial charge in [-0.15, -0.1) is 0 Å². The minimum Gasteiger partial charge on any atom is -0.368 e. The van der Waals surface area contributed by atoms with Crippen LogP contribution in [0.25, 0.3) is 22.4 Å². The van der Waals surface area contributed by atoms with E-state index in [1.165, 1.54) is 12.1 Å². The highest BCUT2D eigenvalue weighted by atomic mass is 19.1. The van der Waals surface area contributed by atoms with E-state index in [4.69, 9.17) is 5.73 Å². The number of nitrogen functional groups attached to an aromatic ring is 1. The molecule has 2 aromatic heterocycles. The number of fused-ring (bicyclic) bond motifs is 1. The summed E-state index contributed by atoms with van der Waals surface area (Å²) in [5, 5.41) is 0. The number of hydrogen-bond acceptors (Lipinski definition) is 5. The van der Waals surface area contributed by atoms with Crippen molar-refractivity contribution in [1.82, 2.24) is 19.9 Å². The lowest BCUT2D eigenvalue weighted by atomic mass is 10.1. The number of hydrogen-bond donors (Lipinski definition) is 1. The minimum atomic E-state index is -0.287. The maximum Gasteiger partial charge on any atom is 0.222 e. The van der Waals surface area contributed by atoms with Crippen LogP contribution < -0.4 is 5.73 Å². The van der Waals surface area contributed by atoms with Crippen molar-refractivity contribution >= 4 is 17.1 Å². The van der Waals surface area contributed by atoms with E-state index in [1.807, 2.05) is 0 Å². The zero-order chi connectivity index (χ0) is 13.4. The standard InChI is InChI=1S/C13H10FN5/c1-7-11-12(19-13(15)17-7)16-6-10(18-11)8-2-4-9(14)5-3-8/h2-6H,1H3,(H2,15,16,17,19). The topological polar surface area (TPSA) is 77.6 Å². The molecule has 2 N–H and O–H groups in total. The summed E-state index contributed by atoms with van der Waals surface area (Å²) in [6.07, 6.45) is 1.58. The first-order valence-electron chi connectivity index (χ1n) is 5.66. The molecule has 0 bridgehead atoms. The first-order valence-corrected chi connectivity index (χ1v) is 5.66. The fourth-order valence-corrected chi connectivity index (χ4v) is 1.83. The number of anilines is 1. The van der Waals surface area contributed by atoms with E-state index in [0.29, 0.717) is 22.6 Å². The third-order valence-corrected chi connectivity index (χ3v) is 2.74. The largest absolute Gasteiger partial charge is 0.368 e. The van der Waals surface area contributed by atoms with Crippen molar-refractivity contribution in [2.45, 2.75) is 6.92 Å². The monoisotopic (exact) mass is 255 g/mol. The number of benzene rings is 1. The lowest BCUT2D eigenvalue weighted by molar-refractivity contribution is 0.628. The average Bonchev–Trinajstić information content (AvgIpc) is 2.39. The first-order chi connectivity index (χ1) is 9.13. The molecule has 0 aliphatic carbocycles. The highest BCUT2D eigenvalue weighted by Gasteiger charge is 2.08. The van der Waals surface area contributed by atoms with Crippen molar-refractivity contribution in [2.24, 2.45) is 0 Å². The highest BCUT2D eigenvalue weighted by molar-refractivity contribution is 5.76. The SMILES string of the molecule is Cc1nc(N)nc2ncc(-c3ccc(F)cc3)nc12. The van der Waals surface area contributed by atoms with Gasteiger partial charge in [0.2, 0.25) is 5.95 Å². The molecule has 0 radical (unpaired) electrons. The maximum atomic E-state index is 12.9. The van der Waals surface area contributed by atoms with Crippen LogP contribution in [-0.2, 0) is 0 Å². The predicted octanol–water partition coefficient (Wildman–Crippen LogP) is 2.12. The van der Waals surface area contributed by atoms with Crippen LogP contribution in [-0.4, -0.2) is 19.9 Å². The molecule has 0 aliphatic heterocycles. The van der Waals surface area contributed by atoms with Crippen molar-refractivity contribution in [2.75, 3.05) is 5.73 Å². The van der Waals surface area contributed by atoms with Crippen LogP contribution in [0.5, 0.6) is 0 Å². The summed E-state index contributed by atoms with van der Waals surface area (Å²) in [5.74, 6) is -0.112. The van der Waals surface area contributed by atoms with Crippen LogP contribution in [0.15, 0.2) is 30.5 Å². The summed E-state index contributed by atoms with van der Waals surface area (Å²) in [6.45, 7) is 1.80. The number of aromatic nitrogens is 4. The Bertz CT molecular complexity index is 755. The van der Waals surface area contributed by atoms with Crippen LogP contribution in [0.3, 0.4) is 0 Å². The van der Waals surface area contributed by atoms with E-state index in [1.54, 1.807) is 25.3 Å². The molecule has 0 saturated carbocycles. The smallest absolute Gasteiger partial charge is 0.222 e. The first kappa shape index (κ1) is 11.5. The molecule has 0 spiro atoms. The van der Waals surface area contributed by atoms with E-state index in [9.17, 15) is 4.39 Å². The molecule has 0 aliphatic rings. The highest BCUT2D eigenvalue weighted by Crippen LogP contribution is 2.20. The van der Waals surface area contributed by atoms with Gasteiger partial charge in [0.25, 0.3) is 0 Å². The second-order valence-corrected chi connectivity index (χ2v) is 4.10. The molecule has 94 valence electrons. The number of nitrogens with zero attached hydrogens (tertiary/aromatic N) is 4. The van der Waals surface area contributed by atoms with Gasteiger partial charge in [0.1, 0.15) is 11.3 Å². The van der Waals surface area contributed by atoms with Crippen molar-refractivity contribution < 1.29 is 4.39 Å². The Hall–Kier alpha value is -2.63. The molecule has 0 amide bonds. The quantitative estimate of drug-likeness (QED) is 0.720. The zero-order valence-electron chi connectivity index (χ0n) is 10.1. The van der Waals surface area contributed by atoms with Crippen LogP contribution in [0, 0.1) is 12.7 Å². The summed E-state index contributed by atoms with van der Waals surface area (Å²) in [6, 6.07) is 6.07. The van der Waals surface area contributed by atoms with Crippen molar-refractivity contribution in [3.8, 4) is 11.3 Å². The van der Waals surface area contributed by atoms with Gasteiger partial charge in [-0.3, -0.25) is 0 Å². The molecular formula is C13H10FN5. The Morgan fingerprint density at radius 2 is 1.79 bits per heavy atom. The molecule has 0 fully saturated rings. The number of nitrogens with two attached hydrogens (primary N) is 1. The van der Waals surface area contributed by atoms with Gasteiger partial charge in [-0.1, -0.05) is 0 Å². The second kappa shape index (κ2) is 4.24. The Labute approximate surface area is 108 Å². The van der Waals surface area contributed by atoms with Gasteiger partial charge in [0, 0.05) is 5.56 Å². The maximum absolute atomic E-state index is 12.9. The van der Waals surface area contributed by atoms with Crippen LogP contribution >= 0.6 is 0 Å². The van der Waals surface area contributed by atoms with E-state index in [2.05, 4.69) is 19.9 Å². The molecule has 19 heavy (non-hydrogen) atoms. The summed E-state index contributed by atoms with van der Waals surface area (Å²) in [5.41, 5.74) is 8.70. The normalized spacial score (nSPS) is 10.8. The Morgan fingerprint density at radius 3 is 2.53 bits per heavy atom. The van der Waals surface area contributed by atoms with E-state index in [0.717, 1.165) is 5.56 Å². The van der Waals surface area contributed by atoms with Gasteiger partial charge in [-0.25, -0.2) is 19.3 Å². The fraction of sp³-hybridized carbons (Fsp3) is 0.0769. The van der Waals surface area contributed by atoms with Gasteiger partial charge in [-0.05, 0) is 31.2 Å². The van der Waals surface area contributed by atoms with Gasteiger partial charge in [0.15, 0.2) is 5.65 Å². The molecule has 5 nitrogen and oxygen atoms in total. The molecule has 1 aromatic carbocycles. The van der Waals surface area contributed by atoms with E-state index in [-0.39, 0.29) is 11.8 Å². The summed E-state index contributed by atoms with van der Waals surface area (Å²) in [7, 11) is 0. The van der Waals surface area contributed by atoms with Gasteiger partial charge in [-0.2, -0.15) is 4.98 Å². The summed E-state index contributed by atoms with van der Waals surface area (Å²) in [4.78, 5) is 16.7. The van der Waals surface area contributed by atoms with E-state index < -0.39 is 0 Å². The third kappa shape index (κ3) is 2.08. The second-order valence-electron chi connectivity index (χ2n) is 4.10. The molecule has 0 atom stereocenters. The minimum absolute atomic E-state index is 0.175. The predicted molar refractivity (Wildman–Crippen MR) is 69.7 cm³/mol. The molecule has 6 heteroatoms. The number of rotatable bonds is 1. The van der Waals surface area contributed by atoms with Crippen molar-refractivity contribution in [3.63, 3.8) is 0 Å². The van der Waals surface area contributed by atoms with Crippen LogP contribution in [0.4, 0.5) is 10.3 Å². The molecule has 2 heterocycles. The van der Waals surface area contributed by atoms with Gasteiger partial charge in [0.05, 0.1) is 17.6 Å². The molecule has 3 rings (SSSR count). The average molecular weight is 255 g/mol.